The maximum atomic E-state index is 10.7. The number of carbonyl (C=O) groups excluding carboxylic acids is 1. The summed E-state index contributed by atoms with van der Waals surface area (Å²) >= 11 is 1.68. The molecular weight excluding hydrogens is 242 g/mol. The first-order valence-electron chi connectivity index (χ1n) is 5.04. The van der Waals surface area contributed by atoms with Crippen LogP contribution in [-0.4, -0.2) is 29.8 Å². The average molecular weight is 255 g/mol. The Morgan fingerprint density at radius 3 is 2.88 bits per heavy atom. The molecule has 92 valence electrons. The van der Waals surface area contributed by atoms with Crippen LogP contribution >= 0.6 is 11.8 Å². The normalized spacial score (nSPS) is 9.94. The minimum atomic E-state index is -0.515. The molecule has 0 spiro atoms. The Morgan fingerprint density at radius 1 is 1.53 bits per heavy atom. The van der Waals surface area contributed by atoms with E-state index in [0.717, 1.165) is 12.2 Å². The van der Waals surface area contributed by atoms with Crippen LogP contribution in [0.3, 0.4) is 0 Å². The van der Waals surface area contributed by atoms with Crippen molar-refractivity contribution in [2.24, 2.45) is 0 Å². The molecule has 0 saturated heterocycles. The summed E-state index contributed by atoms with van der Waals surface area (Å²) in [6.45, 7) is 0.407. The second-order valence-electron chi connectivity index (χ2n) is 3.30. The Hall–Kier alpha value is -1.56. The van der Waals surface area contributed by atoms with Crippen LogP contribution in [0.25, 0.3) is 0 Å². The molecule has 5 nitrogen and oxygen atoms in total. The van der Waals surface area contributed by atoms with E-state index in [0.29, 0.717) is 18.5 Å². The third-order valence-corrected chi connectivity index (χ3v) is 2.76. The topological polar surface area (TPSA) is 69.4 Å². The third kappa shape index (κ3) is 4.07. The van der Waals surface area contributed by atoms with E-state index in [-0.39, 0.29) is 11.4 Å². The minimum Gasteiger partial charge on any atom is -0.487 e. The van der Waals surface area contributed by atoms with Gasteiger partial charge >= 0.3 is 5.69 Å². The van der Waals surface area contributed by atoms with E-state index in [1.54, 1.807) is 11.8 Å². The van der Waals surface area contributed by atoms with Crippen molar-refractivity contribution in [3.63, 3.8) is 0 Å². The Bertz CT molecular complexity index is 408. The van der Waals surface area contributed by atoms with Crippen molar-refractivity contribution in [1.82, 2.24) is 0 Å². The van der Waals surface area contributed by atoms with E-state index >= 15 is 0 Å². The summed E-state index contributed by atoms with van der Waals surface area (Å²) in [5, 5.41) is 10.7. The van der Waals surface area contributed by atoms with Crippen molar-refractivity contribution >= 4 is 23.7 Å². The predicted octanol–water partition coefficient (Wildman–Crippen LogP) is 2.54. The number of thioether (sulfide) groups is 1. The minimum absolute atomic E-state index is 0.111. The van der Waals surface area contributed by atoms with Crippen LogP contribution in [0.15, 0.2) is 18.2 Å². The van der Waals surface area contributed by atoms with Crippen LogP contribution in [0, 0.1) is 10.1 Å². The molecule has 0 atom stereocenters. The lowest BCUT2D eigenvalue weighted by atomic mass is 10.2. The Kier molecular flexibility index (Phi) is 5.48. The number of hydrogen-bond acceptors (Lipinski definition) is 5. The molecular formula is C11H13NO4S. The van der Waals surface area contributed by atoms with Gasteiger partial charge in [0.25, 0.3) is 0 Å². The molecule has 0 bridgehead atoms. The molecule has 0 aliphatic rings. The van der Waals surface area contributed by atoms with E-state index < -0.39 is 4.92 Å². The van der Waals surface area contributed by atoms with Gasteiger partial charge in [-0.2, -0.15) is 11.8 Å². The van der Waals surface area contributed by atoms with Gasteiger partial charge in [0.15, 0.2) is 5.75 Å². The van der Waals surface area contributed by atoms with E-state index in [9.17, 15) is 14.9 Å². The molecule has 0 heterocycles. The fourth-order valence-electron chi connectivity index (χ4n) is 1.26. The molecule has 0 amide bonds. The summed E-state index contributed by atoms with van der Waals surface area (Å²) in [4.78, 5) is 20.8. The first-order valence-corrected chi connectivity index (χ1v) is 6.43. The van der Waals surface area contributed by atoms with E-state index in [2.05, 4.69) is 0 Å². The zero-order valence-corrected chi connectivity index (χ0v) is 10.2. The van der Waals surface area contributed by atoms with Crippen molar-refractivity contribution in [2.45, 2.75) is 6.42 Å². The summed E-state index contributed by atoms with van der Waals surface area (Å²) in [7, 11) is 0. The highest BCUT2D eigenvalue weighted by atomic mass is 32.2. The zero-order chi connectivity index (χ0) is 12.7. The highest BCUT2D eigenvalue weighted by Crippen LogP contribution is 2.27. The Labute approximate surface area is 103 Å². The average Bonchev–Trinajstić information content (AvgIpc) is 2.34. The van der Waals surface area contributed by atoms with Gasteiger partial charge in [0.2, 0.25) is 0 Å². The quantitative estimate of drug-likeness (QED) is 0.324. The number of nitrogens with zero attached hydrogens (tertiary/aromatic N) is 1. The van der Waals surface area contributed by atoms with Gasteiger partial charge < -0.3 is 4.74 Å². The number of ether oxygens (including phenoxy) is 1. The van der Waals surface area contributed by atoms with E-state index in [4.69, 9.17) is 4.74 Å². The highest BCUT2D eigenvalue weighted by molar-refractivity contribution is 7.98. The summed E-state index contributed by atoms with van der Waals surface area (Å²) in [6, 6.07) is 4.08. The lowest BCUT2D eigenvalue weighted by Crippen LogP contribution is -2.02. The number of hydrogen-bond donors (Lipinski definition) is 0. The number of nitro groups is 1. The molecule has 0 radical (unpaired) electrons. The summed E-state index contributed by atoms with van der Waals surface area (Å²) in [6.07, 6.45) is 3.43. The molecule has 0 unspecified atom stereocenters. The van der Waals surface area contributed by atoms with Gasteiger partial charge in [-0.05, 0) is 30.6 Å². The predicted molar refractivity (Wildman–Crippen MR) is 67.0 cm³/mol. The number of rotatable bonds is 7. The Balaban J connectivity index is 2.78. The Morgan fingerprint density at radius 2 is 2.29 bits per heavy atom. The fraction of sp³-hybridized carbons (Fsp3) is 0.364. The molecule has 17 heavy (non-hydrogen) atoms. The van der Waals surface area contributed by atoms with Crippen molar-refractivity contribution < 1.29 is 14.5 Å². The standard InChI is InChI=1S/C11H13NO4S/c1-17-6-2-5-16-11-7-9(8-13)3-4-10(11)12(14)15/h3-4,7-8H,2,5-6H2,1H3. The summed E-state index contributed by atoms with van der Waals surface area (Å²) in [5.74, 6) is 1.09. The first kappa shape index (κ1) is 13.5. The van der Waals surface area contributed by atoms with Crippen molar-refractivity contribution in [2.75, 3.05) is 18.6 Å². The summed E-state index contributed by atoms with van der Waals surface area (Å²) < 4.78 is 5.33. The molecule has 0 saturated carbocycles. The van der Waals surface area contributed by atoms with Gasteiger partial charge in [-0.3, -0.25) is 14.9 Å². The van der Waals surface area contributed by atoms with Gasteiger partial charge in [0.1, 0.15) is 6.29 Å². The molecule has 1 aromatic carbocycles. The molecule has 1 aromatic rings. The monoisotopic (exact) mass is 255 g/mol. The smallest absolute Gasteiger partial charge is 0.310 e. The largest absolute Gasteiger partial charge is 0.487 e. The van der Waals surface area contributed by atoms with Crippen LogP contribution < -0.4 is 4.74 Å². The number of carbonyl (C=O) groups is 1. The van der Waals surface area contributed by atoms with Crippen LogP contribution in [0.5, 0.6) is 5.75 Å². The number of aldehydes is 1. The molecule has 0 fully saturated rings. The van der Waals surface area contributed by atoms with Gasteiger partial charge in [-0.25, -0.2) is 0 Å². The van der Waals surface area contributed by atoms with Gasteiger partial charge in [-0.1, -0.05) is 0 Å². The van der Waals surface area contributed by atoms with Crippen LogP contribution in [0.2, 0.25) is 0 Å². The van der Waals surface area contributed by atoms with Crippen molar-refractivity contribution in [3.05, 3.63) is 33.9 Å². The van der Waals surface area contributed by atoms with E-state index in [1.807, 2.05) is 6.26 Å². The molecule has 0 aliphatic heterocycles. The number of benzene rings is 1. The molecule has 0 aromatic heterocycles. The second kappa shape index (κ2) is 6.90. The zero-order valence-electron chi connectivity index (χ0n) is 9.42. The maximum Gasteiger partial charge on any atom is 0.310 e. The SMILES string of the molecule is CSCCCOc1cc(C=O)ccc1[N+](=O)[O-]. The van der Waals surface area contributed by atoms with Gasteiger partial charge in [0.05, 0.1) is 11.5 Å². The molecule has 0 N–H and O–H groups in total. The third-order valence-electron chi connectivity index (χ3n) is 2.07. The molecule has 1 rings (SSSR count). The first-order chi connectivity index (χ1) is 8.19. The molecule has 0 aliphatic carbocycles. The fourth-order valence-corrected chi connectivity index (χ4v) is 1.66. The van der Waals surface area contributed by atoms with Crippen LogP contribution in [-0.2, 0) is 0 Å². The van der Waals surface area contributed by atoms with Gasteiger partial charge in [-0.15, -0.1) is 0 Å². The van der Waals surface area contributed by atoms with Crippen molar-refractivity contribution in [3.8, 4) is 5.75 Å². The summed E-state index contributed by atoms with van der Waals surface area (Å²) in [5.41, 5.74) is 0.259. The lowest BCUT2D eigenvalue weighted by molar-refractivity contribution is -0.385. The molecule has 6 heteroatoms. The number of nitro benzene ring substituents is 1. The highest BCUT2D eigenvalue weighted by Gasteiger charge is 2.15. The second-order valence-corrected chi connectivity index (χ2v) is 4.28. The van der Waals surface area contributed by atoms with Crippen molar-refractivity contribution in [1.29, 1.82) is 0 Å². The maximum absolute atomic E-state index is 10.7. The van der Waals surface area contributed by atoms with E-state index in [1.165, 1.54) is 18.2 Å². The lowest BCUT2D eigenvalue weighted by Gasteiger charge is -2.06. The van der Waals surface area contributed by atoms with Gasteiger partial charge in [0, 0.05) is 11.6 Å². The van der Waals surface area contributed by atoms with Crippen LogP contribution in [0.1, 0.15) is 16.8 Å². The van der Waals surface area contributed by atoms with Crippen LogP contribution in [0.4, 0.5) is 5.69 Å².